The number of aromatic carboxylic acids is 1. The number of halogens is 1. The van der Waals surface area contributed by atoms with Gasteiger partial charge in [0.15, 0.2) is 0 Å². The lowest BCUT2D eigenvalue weighted by Gasteiger charge is -2.23. The summed E-state index contributed by atoms with van der Waals surface area (Å²) in [5.41, 5.74) is -0.344. The number of carbonyl (C=O) groups excluding carboxylic acids is 1. The number of morpholine rings is 1. The smallest absolute Gasteiger partial charge is 0.240 e. The molecule has 0 amide bonds. The van der Waals surface area contributed by atoms with Gasteiger partial charge in [0.1, 0.15) is 13.1 Å². The quantitative estimate of drug-likeness (QED) is 0.613. The lowest BCUT2D eigenvalue weighted by molar-refractivity contribution is -0.906. The normalized spacial score (nSPS) is 16.6. The summed E-state index contributed by atoms with van der Waals surface area (Å²) in [5, 5.41) is 10.8. The van der Waals surface area contributed by atoms with Crippen LogP contribution in [-0.4, -0.2) is 53.8 Å². The zero-order valence-electron chi connectivity index (χ0n) is 11.8. The third-order valence-electron chi connectivity index (χ3n) is 3.44. The average molecular weight is 349 g/mol. The minimum atomic E-state index is -3.78. The Hall–Kier alpha value is -1.19. The van der Waals surface area contributed by atoms with E-state index in [4.69, 9.17) is 16.3 Å². The molecule has 122 valence electrons. The van der Waals surface area contributed by atoms with Crippen molar-refractivity contribution in [2.24, 2.45) is 0 Å². The number of quaternary nitrogens is 1. The van der Waals surface area contributed by atoms with Crippen molar-refractivity contribution in [1.82, 2.24) is 4.72 Å². The molecule has 0 saturated carbocycles. The molecule has 7 nitrogen and oxygen atoms in total. The van der Waals surface area contributed by atoms with E-state index in [0.29, 0.717) is 19.8 Å². The number of hydrogen-bond donors (Lipinski definition) is 2. The fourth-order valence-corrected chi connectivity index (χ4v) is 3.44. The molecule has 0 bridgehead atoms. The number of nitrogens with one attached hydrogen (secondary N) is 2. The molecule has 0 spiro atoms. The Bertz CT molecular complexity index is 644. The van der Waals surface area contributed by atoms with Gasteiger partial charge in [-0.1, -0.05) is 11.6 Å². The second kappa shape index (κ2) is 7.38. The number of sulfonamides is 1. The number of ether oxygens (including phenoxy) is 1. The van der Waals surface area contributed by atoms with Crippen LogP contribution in [-0.2, 0) is 14.8 Å². The van der Waals surface area contributed by atoms with Gasteiger partial charge in [-0.05, 0) is 18.2 Å². The number of carboxylic acid groups (broad SMARTS) is 1. The number of carboxylic acids is 1. The van der Waals surface area contributed by atoms with Gasteiger partial charge in [0.2, 0.25) is 10.0 Å². The molecule has 2 rings (SSSR count). The fourth-order valence-electron chi connectivity index (χ4n) is 2.18. The highest BCUT2D eigenvalue weighted by atomic mass is 35.5. The van der Waals surface area contributed by atoms with Gasteiger partial charge in [0.05, 0.1) is 37.2 Å². The second-order valence-electron chi connectivity index (χ2n) is 4.94. The molecule has 1 heterocycles. The highest BCUT2D eigenvalue weighted by Crippen LogP contribution is 2.19. The molecule has 22 heavy (non-hydrogen) atoms. The molecule has 0 unspecified atom stereocenters. The van der Waals surface area contributed by atoms with Crippen LogP contribution >= 0.6 is 11.6 Å². The van der Waals surface area contributed by atoms with Gasteiger partial charge in [0, 0.05) is 10.6 Å². The van der Waals surface area contributed by atoms with E-state index in [9.17, 15) is 18.3 Å². The van der Waals surface area contributed by atoms with Crippen LogP contribution in [0, 0.1) is 0 Å². The maximum absolute atomic E-state index is 12.2. The molecule has 0 radical (unpaired) electrons. The summed E-state index contributed by atoms with van der Waals surface area (Å²) >= 11 is 5.70. The van der Waals surface area contributed by atoms with Gasteiger partial charge in [-0.3, -0.25) is 0 Å². The molecular formula is C13H17ClN2O5S. The van der Waals surface area contributed by atoms with Gasteiger partial charge >= 0.3 is 0 Å². The summed E-state index contributed by atoms with van der Waals surface area (Å²) in [7, 11) is -3.78. The minimum Gasteiger partial charge on any atom is -0.545 e. The maximum atomic E-state index is 12.2. The molecule has 2 N–H and O–H groups in total. The first-order valence-electron chi connectivity index (χ1n) is 6.82. The second-order valence-corrected chi connectivity index (χ2v) is 7.11. The van der Waals surface area contributed by atoms with Gasteiger partial charge < -0.3 is 19.5 Å². The van der Waals surface area contributed by atoms with Crippen molar-refractivity contribution in [1.29, 1.82) is 0 Å². The van der Waals surface area contributed by atoms with E-state index in [2.05, 4.69) is 4.72 Å². The molecule has 1 aromatic rings. The summed E-state index contributed by atoms with van der Waals surface area (Å²) in [6.45, 7) is 3.95. The summed E-state index contributed by atoms with van der Waals surface area (Å²) < 4.78 is 32.0. The Labute approximate surface area is 133 Å². The van der Waals surface area contributed by atoms with Gasteiger partial charge in [-0.15, -0.1) is 0 Å². The fraction of sp³-hybridized carbons (Fsp3) is 0.462. The Morgan fingerprint density at radius 3 is 2.68 bits per heavy atom. The first kappa shape index (κ1) is 17.2. The molecular weight excluding hydrogens is 332 g/mol. The van der Waals surface area contributed by atoms with E-state index in [1.165, 1.54) is 17.0 Å². The predicted molar refractivity (Wildman–Crippen MR) is 77.4 cm³/mol. The van der Waals surface area contributed by atoms with E-state index in [1.54, 1.807) is 0 Å². The van der Waals surface area contributed by atoms with Crippen LogP contribution in [0.2, 0.25) is 5.02 Å². The molecule has 1 aliphatic rings. The Morgan fingerprint density at radius 2 is 2.05 bits per heavy atom. The highest BCUT2D eigenvalue weighted by Gasteiger charge is 2.18. The monoisotopic (exact) mass is 348 g/mol. The topological polar surface area (TPSA) is 100.0 Å². The summed E-state index contributed by atoms with van der Waals surface area (Å²) in [6, 6.07) is 3.49. The average Bonchev–Trinajstić information content (AvgIpc) is 2.48. The van der Waals surface area contributed by atoms with E-state index in [1.807, 2.05) is 0 Å². The van der Waals surface area contributed by atoms with Crippen molar-refractivity contribution in [3.05, 3.63) is 28.8 Å². The molecule has 1 aromatic carbocycles. The van der Waals surface area contributed by atoms with Crippen molar-refractivity contribution in [3.8, 4) is 0 Å². The largest absolute Gasteiger partial charge is 0.545 e. The van der Waals surface area contributed by atoms with Crippen LogP contribution in [0.15, 0.2) is 23.1 Å². The first-order chi connectivity index (χ1) is 10.4. The van der Waals surface area contributed by atoms with Gasteiger partial charge in [-0.2, -0.15) is 0 Å². The van der Waals surface area contributed by atoms with E-state index in [-0.39, 0.29) is 22.0 Å². The van der Waals surface area contributed by atoms with Crippen LogP contribution in [0.4, 0.5) is 0 Å². The van der Waals surface area contributed by atoms with Crippen molar-refractivity contribution in [2.45, 2.75) is 4.90 Å². The number of hydrogen-bond acceptors (Lipinski definition) is 5. The zero-order valence-corrected chi connectivity index (χ0v) is 13.4. The highest BCUT2D eigenvalue weighted by molar-refractivity contribution is 7.89. The van der Waals surface area contributed by atoms with E-state index < -0.39 is 16.0 Å². The van der Waals surface area contributed by atoms with Crippen LogP contribution in [0.5, 0.6) is 0 Å². The van der Waals surface area contributed by atoms with Crippen LogP contribution in [0.1, 0.15) is 10.4 Å². The van der Waals surface area contributed by atoms with E-state index >= 15 is 0 Å². The molecule has 0 atom stereocenters. The molecule has 1 aliphatic heterocycles. The molecule has 1 saturated heterocycles. The maximum Gasteiger partial charge on any atom is 0.240 e. The number of benzene rings is 1. The Balaban J connectivity index is 2.00. The summed E-state index contributed by atoms with van der Waals surface area (Å²) in [6.07, 6.45) is 0. The summed E-state index contributed by atoms with van der Waals surface area (Å²) in [4.78, 5) is 12.0. The lowest BCUT2D eigenvalue weighted by atomic mass is 10.2. The van der Waals surface area contributed by atoms with Crippen LogP contribution < -0.4 is 14.7 Å². The molecule has 9 heteroatoms. The molecule has 0 aliphatic carbocycles. The minimum absolute atomic E-state index is 0.0586. The van der Waals surface area contributed by atoms with E-state index in [0.717, 1.165) is 19.2 Å². The zero-order chi connectivity index (χ0) is 16.2. The van der Waals surface area contributed by atoms with Crippen molar-refractivity contribution < 1.29 is 28.0 Å². The Morgan fingerprint density at radius 1 is 1.36 bits per heavy atom. The number of carbonyl (C=O) groups is 1. The first-order valence-corrected chi connectivity index (χ1v) is 8.68. The number of rotatable bonds is 6. The van der Waals surface area contributed by atoms with Crippen LogP contribution in [0.3, 0.4) is 0 Å². The standard InChI is InChI=1S/C13H17ClN2O5S/c14-12-2-1-10(9-11(12)13(17)18)22(19,20)15-3-4-16-5-7-21-8-6-16/h1-2,9,15H,3-8H2,(H,17,18). The van der Waals surface area contributed by atoms with Gasteiger partial charge in [0.25, 0.3) is 0 Å². The third-order valence-corrected chi connectivity index (χ3v) is 5.23. The molecule has 1 fully saturated rings. The lowest BCUT2D eigenvalue weighted by Crippen LogP contribution is -3.14. The van der Waals surface area contributed by atoms with Gasteiger partial charge in [-0.25, -0.2) is 13.1 Å². The predicted octanol–water partition coefficient (Wildman–Crippen LogP) is -2.10. The van der Waals surface area contributed by atoms with Crippen molar-refractivity contribution >= 4 is 27.6 Å². The molecule has 0 aromatic heterocycles. The third kappa shape index (κ3) is 4.40. The van der Waals surface area contributed by atoms with Crippen LogP contribution in [0.25, 0.3) is 0 Å². The van der Waals surface area contributed by atoms with Crippen molar-refractivity contribution in [2.75, 3.05) is 39.4 Å². The van der Waals surface area contributed by atoms with Crippen molar-refractivity contribution in [3.63, 3.8) is 0 Å². The summed E-state index contributed by atoms with van der Waals surface area (Å²) in [5.74, 6) is -1.51. The SMILES string of the molecule is O=C([O-])c1cc(S(=O)(=O)NCC[NH+]2CCOCC2)ccc1Cl. The Kier molecular flexibility index (Phi) is 5.76.